The Bertz CT molecular complexity index is 519. The topological polar surface area (TPSA) is 105 Å². The number of aromatic nitrogens is 1. The lowest BCUT2D eigenvalue weighted by Gasteiger charge is -2.20. The van der Waals surface area contributed by atoms with Crippen LogP contribution in [0.15, 0.2) is 12.3 Å². The molecule has 102 valence electrons. The summed E-state index contributed by atoms with van der Waals surface area (Å²) in [5.41, 5.74) is 11.6. The molecule has 2 aliphatic rings. The van der Waals surface area contributed by atoms with E-state index in [1.807, 2.05) is 0 Å². The van der Waals surface area contributed by atoms with Crippen LogP contribution in [0.1, 0.15) is 23.2 Å². The van der Waals surface area contributed by atoms with Crippen LogP contribution in [-0.4, -0.2) is 35.2 Å². The number of carbonyl (C=O) groups excluding carboxylic acids is 1. The third kappa shape index (κ3) is 2.02. The number of nitrogens with two attached hydrogens (primary N) is 2. The molecule has 2 fully saturated rings. The molecule has 3 rings (SSSR count). The fourth-order valence-electron chi connectivity index (χ4n) is 3.26. The molecule has 1 aromatic heterocycles. The van der Waals surface area contributed by atoms with E-state index < -0.39 is 5.91 Å². The quantitative estimate of drug-likeness (QED) is 0.694. The normalized spacial score (nSPS) is 29.5. The molecule has 0 aromatic carbocycles. The first-order valence-corrected chi connectivity index (χ1v) is 6.54. The van der Waals surface area contributed by atoms with Crippen LogP contribution in [-0.2, 0) is 0 Å². The molecule has 0 bridgehead atoms. The van der Waals surface area contributed by atoms with E-state index >= 15 is 0 Å². The number of rotatable bonds is 2. The second kappa shape index (κ2) is 4.38. The molecule has 1 saturated carbocycles. The second-order valence-electron chi connectivity index (χ2n) is 5.47. The van der Waals surface area contributed by atoms with Gasteiger partial charge in [0.25, 0.3) is 5.91 Å². The average Bonchev–Trinajstić information content (AvgIpc) is 2.92. The molecule has 6 nitrogen and oxygen atoms in total. The number of amides is 1. The number of fused-ring (bicyclic) bond motifs is 1. The van der Waals surface area contributed by atoms with Gasteiger partial charge in [0.05, 0.1) is 23.6 Å². The van der Waals surface area contributed by atoms with E-state index in [-0.39, 0.29) is 6.10 Å². The van der Waals surface area contributed by atoms with E-state index in [4.69, 9.17) is 11.5 Å². The van der Waals surface area contributed by atoms with Crippen molar-refractivity contribution < 1.29 is 9.90 Å². The zero-order valence-electron chi connectivity index (χ0n) is 10.6. The Hall–Kier alpha value is -1.82. The maximum absolute atomic E-state index is 11.3. The zero-order valence-corrected chi connectivity index (χ0v) is 10.6. The van der Waals surface area contributed by atoms with E-state index in [0.29, 0.717) is 28.9 Å². The van der Waals surface area contributed by atoms with Gasteiger partial charge in [-0.25, -0.2) is 4.98 Å². The van der Waals surface area contributed by atoms with Crippen molar-refractivity contribution in [3.63, 3.8) is 0 Å². The van der Waals surface area contributed by atoms with Gasteiger partial charge in [0.15, 0.2) is 0 Å². The maximum atomic E-state index is 11.3. The minimum atomic E-state index is -0.541. The maximum Gasteiger partial charge on any atom is 0.250 e. The minimum Gasteiger partial charge on any atom is -0.397 e. The van der Waals surface area contributed by atoms with Crippen molar-refractivity contribution in [1.82, 2.24) is 4.98 Å². The summed E-state index contributed by atoms with van der Waals surface area (Å²) in [6, 6.07) is 1.64. The van der Waals surface area contributed by atoms with Gasteiger partial charge in [0.1, 0.15) is 5.82 Å². The summed E-state index contributed by atoms with van der Waals surface area (Å²) < 4.78 is 0. The Balaban J connectivity index is 1.84. The van der Waals surface area contributed by atoms with Crippen LogP contribution in [0, 0.1) is 11.8 Å². The zero-order chi connectivity index (χ0) is 13.6. The highest BCUT2D eigenvalue weighted by Gasteiger charge is 2.42. The third-order valence-corrected chi connectivity index (χ3v) is 4.33. The predicted octanol–water partition coefficient (Wildman–Crippen LogP) is -0.0302. The molecule has 19 heavy (non-hydrogen) atoms. The Kier molecular flexibility index (Phi) is 2.82. The average molecular weight is 262 g/mol. The van der Waals surface area contributed by atoms with Gasteiger partial charge in [-0.2, -0.15) is 0 Å². The van der Waals surface area contributed by atoms with Gasteiger partial charge in [0.2, 0.25) is 0 Å². The number of pyridine rings is 1. The number of aliphatic hydroxyl groups is 1. The Morgan fingerprint density at radius 3 is 2.89 bits per heavy atom. The standard InChI is InChI=1S/C13H18N4O2/c14-10-4-16-12(3-8(10)13(15)19)17-5-7-1-2-11(18)9(7)6-17/h3-4,7,9,11,18H,1-2,5-6,14H2,(H2,15,19). The first kappa shape index (κ1) is 12.2. The van der Waals surface area contributed by atoms with Gasteiger partial charge in [-0.3, -0.25) is 4.79 Å². The number of primary amides is 1. The number of aliphatic hydroxyl groups excluding tert-OH is 1. The fraction of sp³-hybridized carbons (Fsp3) is 0.538. The summed E-state index contributed by atoms with van der Waals surface area (Å²) in [6.07, 6.45) is 3.21. The largest absolute Gasteiger partial charge is 0.397 e. The first-order valence-electron chi connectivity index (χ1n) is 6.54. The van der Waals surface area contributed by atoms with Crippen molar-refractivity contribution in [2.24, 2.45) is 17.6 Å². The lowest BCUT2D eigenvalue weighted by atomic mass is 10.00. The summed E-state index contributed by atoms with van der Waals surface area (Å²) in [4.78, 5) is 17.7. The Morgan fingerprint density at radius 1 is 1.42 bits per heavy atom. The molecule has 2 heterocycles. The smallest absolute Gasteiger partial charge is 0.250 e. The summed E-state index contributed by atoms with van der Waals surface area (Å²) in [6.45, 7) is 1.65. The highest BCUT2D eigenvalue weighted by molar-refractivity contribution is 5.98. The first-order chi connectivity index (χ1) is 9.06. The van der Waals surface area contributed by atoms with Crippen LogP contribution in [0.25, 0.3) is 0 Å². The molecule has 3 unspecified atom stereocenters. The molecular weight excluding hydrogens is 244 g/mol. The van der Waals surface area contributed by atoms with Gasteiger partial charge >= 0.3 is 0 Å². The predicted molar refractivity (Wildman–Crippen MR) is 71.6 cm³/mol. The molecular formula is C13H18N4O2. The van der Waals surface area contributed by atoms with Crippen molar-refractivity contribution in [3.8, 4) is 0 Å². The SMILES string of the molecule is NC(=O)c1cc(N2CC3CCC(O)C3C2)ncc1N. The lowest BCUT2D eigenvalue weighted by Crippen LogP contribution is -2.26. The number of hydrogen-bond acceptors (Lipinski definition) is 5. The van der Waals surface area contributed by atoms with Gasteiger partial charge in [-0.1, -0.05) is 0 Å². The molecule has 6 heteroatoms. The van der Waals surface area contributed by atoms with Crippen molar-refractivity contribution in [2.45, 2.75) is 18.9 Å². The molecule has 0 spiro atoms. The van der Waals surface area contributed by atoms with Gasteiger partial charge < -0.3 is 21.5 Å². The summed E-state index contributed by atoms with van der Waals surface area (Å²) in [5.74, 6) is 1.01. The van der Waals surface area contributed by atoms with Crippen LogP contribution in [0.4, 0.5) is 11.5 Å². The molecule has 1 saturated heterocycles. The molecule has 1 aliphatic heterocycles. The molecule has 1 aromatic rings. The number of anilines is 2. The Morgan fingerprint density at radius 2 is 2.21 bits per heavy atom. The summed E-state index contributed by atoms with van der Waals surface area (Å²) in [7, 11) is 0. The van der Waals surface area contributed by atoms with Crippen LogP contribution < -0.4 is 16.4 Å². The van der Waals surface area contributed by atoms with Crippen molar-refractivity contribution in [1.29, 1.82) is 0 Å². The number of hydrogen-bond donors (Lipinski definition) is 3. The summed E-state index contributed by atoms with van der Waals surface area (Å²) in [5, 5.41) is 9.91. The Labute approximate surface area is 111 Å². The lowest BCUT2D eigenvalue weighted by molar-refractivity contribution is 0.100. The van der Waals surface area contributed by atoms with Crippen LogP contribution >= 0.6 is 0 Å². The van der Waals surface area contributed by atoms with Crippen molar-refractivity contribution >= 4 is 17.4 Å². The summed E-state index contributed by atoms with van der Waals surface area (Å²) >= 11 is 0. The highest BCUT2D eigenvalue weighted by Crippen LogP contribution is 2.39. The van der Waals surface area contributed by atoms with Crippen LogP contribution in [0.3, 0.4) is 0 Å². The van der Waals surface area contributed by atoms with Gasteiger partial charge in [-0.15, -0.1) is 0 Å². The van der Waals surface area contributed by atoms with Crippen LogP contribution in [0.5, 0.6) is 0 Å². The number of nitrogens with zero attached hydrogens (tertiary/aromatic N) is 2. The van der Waals surface area contributed by atoms with Crippen molar-refractivity contribution in [2.75, 3.05) is 23.7 Å². The van der Waals surface area contributed by atoms with E-state index in [9.17, 15) is 9.90 Å². The number of carbonyl (C=O) groups is 1. The monoisotopic (exact) mass is 262 g/mol. The van der Waals surface area contributed by atoms with E-state index in [1.165, 1.54) is 6.20 Å². The van der Waals surface area contributed by atoms with E-state index in [0.717, 1.165) is 25.9 Å². The molecule has 5 N–H and O–H groups in total. The van der Waals surface area contributed by atoms with E-state index in [2.05, 4.69) is 9.88 Å². The highest BCUT2D eigenvalue weighted by atomic mass is 16.3. The fourth-order valence-corrected chi connectivity index (χ4v) is 3.26. The van der Waals surface area contributed by atoms with Gasteiger partial charge in [0, 0.05) is 19.0 Å². The third-order valence-electron chi connectivity index (χ3n) is 4.33. The van der Waals surface area contributed by atoms with Gasteiger partial charge in [-0.05, 0) is 24.8 Å². The van der Waals surface area contributed by atoms with Crippen LogP contribution in [0.2, 0.25) is 0 Å². The number of nitrogen functional groups attached to an aromatic ring is 1. The molecule has 1 aliphatic carbocycles. The second-order valence-corrected chi connectivity index (χ2v) is 5.47. The minimum absolute atomic E-state index is 0.209. The molecule has 0 radical (unpaired) electrons. The van der Waals surface area contributed by atoms with Crippen molar-refractivity contribution in [3.05, 3.63) is 17.8 Å². The molecule has 3 atom stereocenters. The molecule has 1 amide bonds. The van der Waals surface area contributed by atoms with E-state index in [1.54, 1.807) is 6.07 Å².